The number of rotatable bonds is 1. The molecule has 0 atom stereocenters. The number of pyridine rings is 1. The van der Waals surface area contributed by atoms with Crippen molar-refractivity contribution in [3.63, 3.8) is 0 Å². The van der Waals surface area contributed by atoms with Crippen molar-refractivity contribution in [2.75, 3.05) is 11.4 Å². The van der Waals surface area contributed by atoms with E-state index in [0.29, 0.717) is 0 Å². The van der Waals surface area contributed by atoms with Crippen LogP contribution in [0.1, 0.15) is 11.1 Å². The first-order chi connectivity index (χ1) is 7.86. The highest BCUT2D eigenvalue weighted by Crippen LogP contribution is 2.34. The minimum absolute atomic E-state index is 1.04. The minimum Gasteiger partial charge on any atom is -0.326 e. The van der Waals surface area contributed by atoms with Crippen LogP contribution < -0.4 is 4.90 Å². The predicted molar refractivity (Wildman–Crippen MR) is 66.1 cm³/mol. The van der Waals surface area contributed by atoms with E-state index >= 15 is 0 Å². The lowest BCUT2D eigenvalue weighted by molar-refractivity contribution is 0.966. The summed E-state index contributed by atoms with van der Waals surface area (Å²) in [5.41, 5.74) is 3.97. The topological polar surface area (TPSA) is 16.1 Å². The largest absolute Gasteiger partial charge is 0.326 e. The summed E-state index contributed by atoms with van der Waals surface area (Å²) in [6, 6.07) is 12.7. The predicted octanol–water partition coefficient (Wildman–Crippen LogP) is 3.08. The number of hydrogen-bond donors (Lipinski definition) is 0. The number of hydrogen-bond acceptors (Lipinski definition) is 2. The van der Waals surface area contributed by atoms with Gasteiger partial charge in [0.15, 0.2) is 0 Å². The molecule has 0 unspecified atom stereocenters. The Morgan fingerprint density at radius 2 is 2.00 bits per heavy atom. The van der Waals surface area contributed by atoms with E-state index in [-0.39, 0.29) is 0 Å². The van der Waals surface area contributed by atoms with Crippen molar-refractivity contribution in [2.24, 2.45) is 0 Å². The van der Waals surface area contributed by atoms with E-state index < -0.39 is 0 Å². The zero-order valence-electron chi connectivity index (χ0n) is 9.35. The maximum atomic E-state index is 4.49. The molecule has 3 rings (SSSR count). The van der Waals surface area contributed by atoms with Crippen molar-refractivity contribution in [2.45, 2.75) is 13.3 Å². The number of benzene rings is 1. The lowest BCUT2D eigenvalue weighted by Gasteiger charge is -2.19. The third kappa shape index (κ3) is 1.38. The van der Waals surface area contributed by atoms with Crippen LogP contribution in [0, 0.1) is 6.92 Å². The fourth-order valence-corrected chi connectivity index (χ4v) is 2.32. The summed E-state index contributed by atoms with van der Waals surface area (Å²) in [5.74, 6) is 1.09. The molecule has 1 aliphatic rings. The zero-order valence-corrected chi connectivity index (χ0v) is 9.35. The Morgan fingerprint density at radius 3 is 2.88 bits per heavy atom. The van der Waals surface area contributed by atoms with Crippen LogP contribution in [0.4, 0.5) is 11.5 Å². The molecule has 0 spiro atoms. The van der Waals surface area contributed by atoms with Gasteiger partial charge in [-0.1, -0.05) is 24.3 Å². The molecule has 1 aromatic carbocycles. The SMILES string of the molecule is Cc1cccnc1N1CCc2ccccc21. The molecular weight excluding hydrogens is 196 g/mol. The van der Waals surface area contributed by atoms with Crippen molar-refractivity contribution in [1.82, 2.24) is 4.98 Å². The Bertz CT molecular complexity index is 520. The summed E-state index contributed by atoms with van der Waals surface area (Å²) in [6.07, 6.45) is 2.98. The van der Waals surface area contributed by atoms with Gasteiger partial charge in [0.25, 0.3) is 0 Å². The van der Waals surface area contributed by atoms with Gasteiger partial charge in [0.1, 0.15) is 5.82 Å². The van der Waals surface area contributed by atoms with Crippen LogP contribution in [0.5, 0.6) is 0 Å². The molecule has 2 aromatic rings. The number of nitrogens with zero attached hydrogens (tertiary/aromatic N) is 2. The third-order valence-electron chi connectivity index (χ3n) is 3.12. The van der Waals surface area contributed by atoms with E-state index in [2.05, 4.69) is 47.1 Å². The molecule has 0 bridgehead atoms. The third-order valence-corrected chi connectivity index (χ3v) is 3.12. The summed E-state index contributed by atoms with van der Waals surface area (Å²) in [4.78, 5) is 6.80. The van der Waals surface area contributed by atoms with Crippen molar-refractivity contribution in [1.29, 1.82) is 0 Å². The summed E-state index contributed by atoms with van der Waals surface area (Å²) in [7, 11) is 0. The van der Waals surface area contributed by atoms with Crippen LogP contribution in [0.3, 0.4) is 0 Å². The molecule has 0 N–H and O–H groups in total. The van der Waals surface area contributed by atoms with Gasteiger partial charge in [-0.3, -0.25) is 0 Å². The highest BCUT2D eigenvalue weighted by atomic mass is 15.2. The molecule has 0 radical (unpaired) electrons. The Kier molecular flexibility index (Phi) is 2.13. The Hall–Kier alpha value is -1.83. The first-order valence-electron chi connectivity index (χ1n) is 5.63. The van der Waals surface area contributed by atoms with Gasteiger partial charge in [0, 0.05) is 18.4 Å². The van der Waals surface area contributed by atoms with Gasteiger partial charge in [0.2, 0.25) is 0 Å². The average molecular weight is 210 g/mol. The standard InChI is InChI=1S/C14H14N2/c1-11-5-4-9-15-14(11)16-10-8-12-6-2-3-7-13(12)16/h2-7,9H,8,10H2,1H3. The van der Waals surface area contributed by atoms with E-state index in [4.69, 9.17) is 0 Å². The normalized spacial score (nSPS) is 13.9. The lowest BCUT2D eigenvalue weighted by Crippen LogP contribution is -2.15. The van der Waals surface area contributed by atoms with E-state index in [0.717, 1.165) is 18.8 Å². The summed E-state index contributed by atoms with van der Waals surface area (Å²) in [6.45, 7) is 3.15. The van der Waals surface area contributed by atoms with Crippen molar-refractivity contribution >= 4 is 11.5 Å². The van der Waals surface area contributed by atoms with Gasteiger partial charge in [0.05, 0.1) is 0 Å². The molecular formula is C14H14N2. The molecule has 1 aliphatic heterocycles. The Balaban J connectivity index is 2.08. The van der Waals surface area contributed by atoms with Gasteiger partial charge in [-0.25, -0.2) is 4.98 Å². The maximum Gasteiger partial charge on any atom is 0.135 e. The van der Waals surface area contributed by atoms with Crippen LogP contribution in [-0.2, 0) is 6.42 Å². The van der Waals surface area contributed by atoms with E-state index in [1.165, 1.54) is 16.8 Å². The van der Waals surface area contributed by atoms with Crippen LogP contribution in [0.25, 0.3) is 0 Å². The summed E-state index contributed by atoms with van der Waals surface area (Å²) < 4.78 is 0. The van der Waals surface area contributed by atoms with Crippen LogP contribution in [0.15, 0.2) is 42.6 Å². The first-order valence-corrected chi connectivity index (χ1v) is 5.63. The molecule has 0 fully saturated rings. The number of para-hydroxylation sites is 1. The molecule has 2 heteroatoms. The number of fused-ring (bicyclic) bond motifs is 1. The number of aryl methyl sites for hydroxylation is 1. The second-order valence-corrected chi connectivity index (χ2v) is 4.17. The average Bonchev–Trinajstić information content (AvgIpc) is 2.74. The van der Waals surface area contributed by atoms with Crippen molar-refractivity contribution in [3.8, 4) is 0 Å². The molecule has 2 heterocycles. The quantitative estimate of drug-likeness (QED) is 0.719. The highest BCUT2D eigenvalue weighted by Gasteiger charge is 2.21. The summed E-state index contributed by atoms with van der Waals surface area (Å²) >= 11 is 0. The van der Waals surface area contributed by atoms with E-state index in [1.54, 1.807) is 0 Å². The first kappa shape index (κ1) is 9.40. The number of aromatic nitrogens is 1. The van der Waals surface area contributed by atoms with Crippen LogP contribution >= 0.6 is 0 Å². The van der Waals surface area contributed by atoms with Crippen molar-refractivity contribution in [3.05, 3.63) is 53.7 Å². The highest BCUT2D eigenvalue weighted by molar-refractivity contribution is 5.69. The Morgan fingerprint density at radius 1 is 1.12 bits per heavy atom. The second-order valence-electron chi connectivity index (χ2n) is 4.17. The fraction of sp³-hybridized carbons (Fsp3) is 0.214. The molecule has 1 aromatic heterocycles. The molecule has 0 amide bonds. The minimum atomic E-state index is 1.04. The molecule has 80 valence electrons. The van der Waals surface area contributed by atoms with Gasteiger partial charge < -0.3 is 4.90 Å². The smallest absolute Gasteiger partial charge is 0.135 e. The molecule has 0 aliphatic carbocycles. The monoisotopic (exact) mass is 210 g/mol. The van der Waals surface area contributed by atoms with E-state index in [9.17, 15) is 0 Å². The molecule has 0 saturated heterocycles. The van der Waals surface area contributed by atoms with Crippen LogP contribution in [-0.4, -0.2) is 11.5 Å². The molecule has 2 nitrogen and oxygen atoms in total. The molecule has 0 saturated carbocycles. The van der Waals surface area contributed by atoms with Gasteiger partial charge in [-0.05, 0) is 36.6 Å². The van der Waals surface area contributed by atoms with Crippen LogP contribution in [0.2, 0.25) is 0 Å². The van der Waals surface area contributed by atoms with Gasteiger partial charge in [-0.15, -0.1) is 0 Å². The maximum absolute atomic E-state index is 4.49. The Labute approximate surface area is 95.6 Å². The molecule has 16 heavy (non-hydrogen) atoms. The number of anilines is 2. The summed E-state index contributed by atoms with van der Waals surface area (Å²) in [5, 5.41) is 0. The van der Waals surface area contributed by atoms with Gasteiger partial charge >= 0.3 is 0 Å². The zero-order chi connectivity index (χ0) is 11.0. The lowest BCUT2D eigenvalue weighted by atomic mass is 10.2. The van der Waals surface area contributed by atoms with E-state index in [1.807, 2.05) is 12.3 Å². The van der Waals surface area contributed by atoms with Crippen molar-refractivity contribution < 1.29 is 0 Å². The van der Waals surface area contributed by atoms with Gasteiger partial charge in [-0.2, -0.15) is 0 Å². The second kappa shape index (κ2) is 3.63. The fourth-order valence-electron chi connectivity index (χ4n) is 2.32.